The average molecular weight is 379 g/mol. The Hall–Kier alpha value is -1.59. The van der Waals surface area contributed by atoms with Crippen molar-refractivity contribution in [3.05, 3.63) is 28.8 Å². The fourth-order valence-electron chi connectivity index (χ4n) is 3.75. The summed E-state index contributed by atoms with van der Waals surface area (Å²) < 4.78 is 5.54. The van der Waals surface area contributed by atoms with Gasteiger partial charge in [0.25, 0.3) is 0 Å². The molecule has 0 radical (unpaired) electrons. The second-order valence-electron chi connectivity index (χ2n) is 7.38. The lowest BCUT2D eigenvalue weighted by Crippen LogP contribution is -2.38. The highest BCUT2D eigenvalue weighted by molar-refractivity contribution is 6.31. The van der Waals surface area contributed by atoms with Gasteiger partial charge in [0, 0.05) is 35.7 Å². The Morgan fingerprint density at radius 2 is 1.81 bits per heavy atom. The quantitative estimate of drug-likeness (QED) is 0.821. The third kappa shape index (κ3) is 4.98. The number of rotatable bonds is 5. The molecular weight excluding hydrogens is 352 g/mol. The fraction of sp³-hybridized carbons (Fsp3) is 0.600. The van der Waals surface area contributed by atoms with Gasteiger partial charge in [0.15, 0.2) is 0 Å². The first-order chi connectivity index (χ1) is 12.5. The SMILES string of the molecule is Cc1ccc(Cl)cc1NC(=O)C1CCC(C(=O)NCC2CCCO2)CC1. The summed E-state index contributed by atoms with van der Waals surface area (Å²) in [4.78, 5) is 24.9. The van der Waals surface area contributed by atoms with Crippen LogP contribution in [0.3, 0.4) is 0 Å². The van der Waals surface area contributed by atoms with E-state index in [9.17, 15) is 9.59 Å². The minimum absolute atomic E-state index is 0.00774. The molecule has 1 aliphatic heterocycles. The number of carbonyl (C=O) groups excluding carboxylic acids is 2. The summed E-state index contributed by atoms with van der Waals surface area (Å²) in [7, 11) is 0. The van der Waals surface area contributed by atoms with E-state index >= 15 is 0 Å². The van der Waals surface area contributed by atoms with E-state index in [1.54, 1.807) is 6.07 Å². The molecule has 6 heteroatoms. The van der Waals surface area contributed by atoms with E-state index in [0.717, 1.165) is 56.4 Å². The molecule has 2 N–H and O–H groups in total. The number of ether oxygens (including phenoxy) is 1. The minimum atomic E-state index is -0.0457. The van der Waals surface area contributed by atoms with E-state index in [1.807, 2.05) is 19.1 Å². The number of hydrogen-bond acceptors (Lipinski definition) is 3. The van der Waals surface area contributed by atoms with Crippen LogP contribution in [0.25, 0.3) is 0 Å². The molecule has 1 aliphatic carbocycles. The first-order valence-electron chi connectivity index (χ1n) is 9.49. The number of nitrogens with one attached hydrogen (secondary N) is 2. The van der Waals surface area contributed by atoms with Gasteiger partial charge < -0.3 is 15.4 Å². The molecule has 2 aliphatic rings. The Bertz CT molecular complexity index is 650. The lowest BCUT2D eigenvalue weighted by molar-refractivity contribution is -0.128. The number of carbonyl (C=O) groups is 2. The minimum Gasteiger partial charge on any atom is -0.376 e. The van der Waals surface area contributed by atoms with Gasteiger partial charge in [0.1, 0.15) is 0 Å². The highest BCUT2D eigenvalue weighted by atomic mass is 35.5. The number of hydrogen-bond donors (Lipinski definition) is 2. The maximum atomic E-state index is 12.5. The van der Waals surface area contributed by atoms with E-state index in [-0.39, 0.29) is 29.8 Å². The van der Waals surface area contributed by atoms with Crippen LogP contribution in [0.1, 0.15) is 44.1 Å². The molecule has 1 saturated heterocycles. The summed E-state index contributed by atoms with van der Waals surface area (Å²) in [5.74, 6) is 0.0857. The van der Waals surface area contributed by atoms with E-state index < -0.39 is 0 Å². The van der Waals surface area contributed by atoms with Crippen molar-refractivity contribution in [2.75, 3.05) is 18.5 Å². The second-order valence-corrected chi connectivity index (χ2v) is 7.81. The molecule has 1 aromatic rings. The van der Waals surface area contributed by atoms with Crippen LogP contribution in [-0.4, -0.2) is 31.1 Å². The van der Waals surface area contributed by atoms with Crippen LogP contribution in [0.2, 0.25) is 5.02 Å². The molecule has 1 atom stereocenters. The van der Waals surface area contributed by atoms with Crippen molar-refractivity contribution < 1.29 is 14.3 Å². The van der Waals surface area contributed by atoms with Gasteiger partial charge in [-0.3, -0.25) is 9.59 Å². The zero-order valence-electron chi connectivity index (χ0n) is 15.2. The summed E-state index contributed by atoms with van der Waals surface area (Å²) in [6, 6.07) is 5.49. The lowest BCUT2D eigenvalue weighted by Gasteiger charge is -2.27. The van der Waals surface area contributed by atoms with Crippen LogP contribution < -0.4 is 10.6 Å². The summed E-state index contributed by atoms with van der Waals surface area (Å²) in [6.45, 7) is 3.35. The monoisotopic (exact) mass is 378 g/mol. The molecule has 2 fully saturated rings. The van der Waals surface area contributed by atoms with Crippen molar-refractivity contribution >= 4 is 29.1 Å². The van der Waals surface area contributed by atoms with Gasteiger partial charge >= 0.3 is 0 Å². The van der Waals surface area contributed by atoms with E-state index in [0.29, 0.717) is 11.6 Å². The average Bonchev–Trinajstić information content (AvgIpc) is 3.16. The van der Waals surface area contributed by atoms with Crippen LogP contribution in [0, 0.1) is 18.8 Å². The molecule has 2 amide bonds. The highest BCUT2D eigenvalue weighted by Crippen LogP contribution is 2.30. The Morgan fingerprint density at radius 1 is 1.12 bits per heavy atom. The zero-order valence-corrected chi connectivity index (χ0v) is 16.0. The van der Waals surface area contributed by atoms with Crippen molar-refractivity contribution in [2.45, 2.75) is 51.6 Å². The topological polar surface area (TPSA) is 67.4 Å². The Morgan fingerprint density at radius 3 is 2.46 bits per heavy atom. The Kier molecular flexibility index (Phi) is 6.54. The molecule has 142 valence electrons. The Labute approximate surface area is 159 Å². The third-order valence-corrected chi connectivity index (χ3v) is 5.69. The van der Waals surface area contributed by atoms with Crippen LogP contribution in [-0.2, 0) is 14.3 Å². The molecule has 3 rings (SSSR count). The fourth-order valence-corrected chi connectivity index (χ4v) is 3.92. The predicted octanol–water partition coefficient (Wildman–Crippen LogP) is 3.69. The normalized spacial score (nSPS) is 25.7. The molecule has 1 unspecified atom stereocenters. The van der Waals surface area contributed by atoms with Gasteiger partial charge in [0.05, 0.1) is 6.10 Å². The predicted molar refractivity (Wildman–Crippen MR) is 102 cm³/mol. The molecule has 5 nitrogen and oxygen atoms in total. The largest absolute Gasteiger partial charge is 0.376 e. The molecule has 1 saturated carbocycles. The van der Waals surface area contributed by atoms with Crippen molar-refractivity contribution in [1.29, 1.82) is 0 Å². The second kappa shape index (κ2) is 8.87. The van der Waals surface area contributed by atoms with Crippen molar-refractivity contribution in [3.8, 4) is 0 Å². The number of aryl methyl sites for hydroxylation is 1. The summed E-state index contributed by atoms with van der Waals surface area (Å²) >= 11 is 6.01. The number of amides is 2. The van der Waals surface area contributed by atoms with Crippen molar-refractivity contribution in [3.63, 3.8) is 0 Å². The molecule has 0 bridgehead atoms. The maximum absolute atomic E-state index is 12.5. The van der Waals surface area contributed by atoms with Crippen LogP contribution in [0.15, 0.2) is 18.2 Å². The molecule has 1 heterocycles. The summed E-state index contributed by atoms with van der Waals surface area (Å²) in [5.41, 5.74) is 1.75. The summed E-state index contributed by atoms with van der Waals surface area (Å²) in [6.07, 6.45) is 5.26. The number of anilines is 1. The van der Waals surface area contributed by atoms with Crippen LogP contribution in [0.4, 0.5) is 5.69 Å². The van der Waals surface area contributed by atoms with Gasteiger partial charge in [0.2, 0.25) is 11.8 Å². The smallest absolute Gasteiger partial charge is 0.227 e. The first kappa shape index (κ1) is 19.2. The number of benzene rings is 1. The van der Waals surface area contributed by atoms with Gasteiger partial charge in [-0.25, -0.2) is 0 Å². The zero-order chi connectivity index (χ0) is 18.5. The maximum Gasteiger partial charge on any atom is 0.227 e. The third-order valence-electron chi connectivity index (χ3n) is 5.45. The van der Waals surface area contributed by atoms with Gasteiger partial charge in [-0.2, -0.15) is 0 Å². The van der Waals surface area contributed by atoms with Crippen molar-refractivity contribution in [2.24, 2.45) is 11.8 Å². The standard InChI is InChI=1S/C20H27ClN2O3/c1-13-4-9-16(21)11-18(13)23-20(25)15-7-5-14(6-8-15)19(24)22-12-17-3-2-10-26-17/h4,9,11,14-15,17H,2-3,5-8,10,12H2,1H3,(H,22,24)(H,23,25). The number of halogens is 1. The molecule has 0 spiro atoms. The van der Waals surface area contributed by atoms with Crippen molar-refractivity contribution in [1.82, 2.24) is 5.32 Å². The van der Waals surface area contributed by atoms with Gasteiger partial charge in [-0.05, 0) is 63.1 Å². The van der Waals surface area contributed by atoms with E-state index in [4.69, 9.17) is 16.3 Å². The molecular formula is C20H27ClN2O3. The summed E-state index contributed by atoms with van der Waals surface area (Å²) in [5, 5.41) is 6.61. The molecule has 0 aromatic heterocycles. The van der Waals surface area contributed by atoms with Crippen LogP contribution in [0.5, 0.6) is 0 Å². The van der Waals surface area contributed by atoms with Crippen LogP contribution >= 0.6 is 11.6 Å². The van der Waals surface area contributed by atoms with Gasteiger partial charge in [-0.15, -0.1) is 0 Å². The van der Waals surface area contributed by atoms with E-state index in [1.165, 1.54) is 0 Å². The lowest BCUT2D eigenvalue weighted by atomic mass is 9.81. The molecule has 26 heavy (non-hydrogen) atoms. The highest BCUT2D eigenvalue weighted by Gasteiger charge is 2.30. The Balaban J connectivity index is 1.44. The van der Waals surface area contributed by atoms with E-state index in [2.05, 4.69) is 10.6 Å². The molecule has 1 aromatic carbocycles. The van der Waals surface area contributed by atoms with Gasteiger partial charge in [-0.1, -0.05) is 17.7 Å². The first-order valence-corrected chi connectivity index (χ1v) is 9.87.